The molecule has 0 aliphatic carbocycles. The topological polar surface area (TPSA) is 69.0 Å². The highest BCUT2D eigenvalue weighted by atomic mass is 16.5. The summed E-state index contributed by atoms with van der Waals surface area (Å²) in [6.45, 7) is 1.15. The molecule has 2 aromatic heterocycles. The molecule has 1 saturated heterocycles. The Morgan fingerprint density at radius 3 is 3.20 bits per heavy atom. The molecule has 0 aromatic carbocycles. The zero-order chi connectivity index (χ0) is 13.8. The molecule has 2 aromatic rings. The molecule has 1 N–H and O–H groups in total. The fourth-order valence-electron chi connectivity index (χ4n) is 2.19. The zero-order valence-corrected chi connectivity index (χ0v) is 11.0. The summed E-state index contributed by atoms with van der Waals surface area (Å²) in [7, 11) is 0. The van der Waals surface area contributed by atoms with Crippen molar-refractivity contribution in [1.82, 2.24) is 20.1 Å². The van der Waals surface area contributed by atoms with Gasteiger partial charge in [-0.25, -0.2) is 9.67 Å². The van der Waals surface area contributed by atoms with Crippen LogP contribution in [0.15, 0.2) is 36.8 Å². The number of hydrogen-bond acceptors (Lipinski definition) is 4. The number of carbonyl (C=O) groups excluding carboxylic acids is 1. The van der Waals surface area contributed by atoms with Crippen LogP contribution in [-0.2, 0) is 16.1 Å². The first-order valence-electron chi connectivity index (χ1n) is 6.67. The van der Waals surface area contributed by atoms with E-state index in [1.165, 1.54) is 0 Å². The summed E-state index contributed by atoms with van der Waals surface area (Å²) in [6, 6.07) is 5.62. The Labute approximate surface area is 116 Å². The van der Waals surface area contributed by atoms with Crippen molar-refractivity contribution in [3.8, 4) is 5.82 Å². The minimum atomic E-state index is -0.289. The third-order valence-corrected chi connectivity index (χ3v) is 3.24. The van der Waals surface area contributed by atoms with Gasteiger partial charge in [0.1, 0.15) is 6.10 Å². The van der Waals surface area contributed by atoms with Gasteiger partial charge in [-0.1, -0.05) is 0 Å². The van der Waals surface area contributed by atoms with Crippen LogP contribution in [0.2, 0.25) is 0 Å². The molecule has 1 aliphatic rings. The lowest BCUT2D eigenvalue weighted by Gasteiger charge is -2.10. The molecule has 3 heterocycles. The molecular weight excluding hydrogens is 256 g/mol. The molecule has 1 aliphatic heterocycles. The molecule has 0 saturated carbocycles. The summed E-state index contributed by atoms with van der Waals surface area (Å²) in [5, 5.41) is 7.02. The smallest absolute Gasteiger partial charge is 0.249 e. The zero-order valence-electron chi connectivity index (χ0n) is 11.0. The third kappa shape index (κ3) is 2.85. The van der Waals surface area contributed by atoms with E-state index >= 15 is 0 Å². The van der Waals surface area contributed by atoms with Crippen molar-refractivity contribution in [3.05, 3.63) is 42.4 Å². The Balaban J connectivity index is 1.63. The lowest BCUT2D eigenvalue weighted by atomic mass is 10.2. The molecule has 104 valence electrons. The summed E-state index contributed by atoms with van der Waals surface area (Å²) in [6.07, 6.45) is 6.72. The van der Waals surface area contributed by atoms with Crippen LogP contribution >= 0.6 is 0 Å². The van der Waals surface area contributed by atoms with Gasteiger partial charge in [0.25, 0.3) is 0 Å². The van der Waals surface area contributed by atoms with Gasteiger partial charge in [0.2, 0.25) is 5.91 Å². The van der Waals surface area contributed by atoms with Crippen molar-refractivity contribution < 1.29 is 9.53 Å². The van der Waals surface area contributed by atoms with Crippen LogP contribution < -0.4 is 5.32 Å². The van der Waals surface area contributed by atoms with E-state index in [2.05, 4.69) is 15.4 Å². The number of pyridine rings is 1. The van der Waals surface area contributed by atoms with Crippen LogP contribution in [-0.4, -0.2) is 33.4 Å². The van der Waals surface area contributed by atoms with Gasteiger partial charge in [-0.3, -0.25) is 4.79 Å². The van der Waals surface area contributed by atoms with Gasteiger partial charge in [0.05, 0.1) is 0 Å². The van der Waals surface area contributed by atoms with E-state index in [4.69, 9.17) is 4.74 Å². The van der Waals surface area contributed by atoms with E-state index < -0.39 is 0 Å². The van der Waals surface area contributed by atoms with Crippen LogP contribution in [0.3, 0.4) is 0 Å². The van der Waals surface area contributed by atoms with E-state index in [1.54, 1.807) is 17.1 Å². The van der Waals surface area contributed by atoms with Crippen LogP contribution in [0.1, 0.15) is 18.4 Å². The van der Waals surface area contributed by atoms with Gasteiger partial charge in [0, 0.05) is 31.7 Å². The first kappa shape index (κ1) is 12.8. The number of nitrogens with zero attached hydrogens (tertiary/aromatic N) is 3. The molecule has 20 heavy (non-hydrogen) atoms. The van der Waals surface area contributed by atoms with Gasteiger partial charge in [0.15, 0.2) is 5.82 Å². The fourth-order valence-corrected chi connectivity index (χ4v) is 2.19. The number of nitrogens with one attached hydrogen (secondary N) is 1. The van der Waals surface area contributed by atoms with Crippen molar-refractivity contribution in [2.45, 2.75) is 25.5 Å². The summed E-state index contributed by atoms with van der Waals surface area (Å²) in [5.74, 6) is 0.693. The molecule has 0 unspecified atom stereocenters. The normalized spacial score (nSPS) is 18.1. The highest BCUT2D eigenvalue weighted by molar-refractivity contribution is 5.80. The number of carbonyl (C=O) groups is 1. The lowest BCUT2D eigenvalue weighted by Crippen LogP contribution is -2.33. The van der Waals surface area contributed by atoms with E-state index in [1.807, 2.05) is 24.4 Å². The second-order valence-corrected chi connectivity index (χ2v) is 4.69. The maximum atomic E-state index is 11.9. The average Bonchev–Trinajstić information content (AvgIpc) is 3.17. The average molecular weight is 272 g/mol. The molecule has 0 spiro atoms. The van der Waals surface area contributed by atoms with Crippen LogP contribution in [0, 0.1) is 0 Å². The standard InChI is InChI=1S/C14H16N4O2/c19-14(12-3-1-8-20-12)16-10-11-4-6-15-13(9-11)18-7-2-5-17-18/h2,4-7,9,12H,1,3,8,10H2,(H,16,19)/t12-/m0/s1. The quantitative estimate of drug-likeness (QED) is 0.903. The first-order valence-corrected chi connectivity index (χ1v) is 6.67. The Hall–Kier alpha value is -2.21. The lowest BCUT2D eigenvalue weighted by molar-refractivity contribution is -0.130. The highest BCUT2D eigenvalue weighted by Gasteiger charge is 2.22. The Morgan fingerprint density at radius 2 is 2.45 bits per heavy atom. The van der Waals surface area contributed by atoms with Crippen LogP contribution in [0.25, 0.3) is 5.82 Å². The Bertz CT molecular complexity index is 577. The van der Waals surface area contributed by atoms with Gasteiger partial charge in [-0.05, 0) is 36.6 Å². The van der Waals surface area contributed by atoms with Crippen molar-refractivity contribution in [3.63, 3.8) is 0 Å². The maximum Gasteiger partial charge on any atom is 0.249 e. The Morgan fingerprint density at radius 1 is 1.50 bits per heavy atom. The van der Waals surface area contributed by atoms with E-state index in [9.17, 15) is 4.79 Å². The number of rotatable bonds is 4. The second kappa shape index (κ2) is 5.83. The monoisotopic (exact) mass is 272 g/mol. The number of hydrogen-bond donors (Lipinski definition) is 1. The largest absolute Gasteiger partial charge is 0.368 e. The summed E-state index contributed by atoms with van der Waals surface area (Å²) >= 11 is 0. The SMILES string of the molecule is O=C(NCc1ccnc(-n2cccn2)c1)[C@@H]1CCCO1. The fraction of sp³-hybridized carbons (Fsp3) is 0.357. The summed E-state index contributed by atoms with van der Waals surface area (Å²) in [5.41, 5.74) is 0.983. The van der Waals surface area contributed by atoms with Crippen LogP contribution in [0.4, 0.5) is 0 Å². The van der Waals surface area contributed by atoms with Gasteiger partial charge in [-0.2, -0.15) is 5.10 Å². The molecule has 6 heteroatoms. The minimum Gasteiger partial charge on any atom is -0.368 e. The Kier molecular flexibility index (Phi) is 3.73. The van der Waals surface area contributed by atoms with Crippen molar-refractivity contribution in [1.29, 1.82) is 0 Å². The molecule has 6 nitrogen and oxygen atoms in total. The molecule has 3 rings (SSSR count). The van der Waals surface area contributed by atoms with Crippen molar-refractivity contribution in [2.24, 2.45) is 0 Å². The van der Waals surface area contributed by atoms with E-state index in [0.717, 1.165) is 24.2 Å². The molecule has 1 fully saturated rings. The number of amides is 1. The minimum absolute atomic E-state index is 0.0417. The highest BCUT2D eigenvalue weighted by Crippen LogP contribution is 2.12. The molecule has 0 radical (unpaired) electrons. The van der Waals surface area contributed by atoms with Crippen molar-refractivity contribution in [2.75, 3.05) is 6.61 Å². The second-order valence-electron chi connectivity index (χ2n) is 4.69. The van der Waals surface area contributed by atoms with Gasteiger partial charge in [-0.15, -0.1) is 0 Å². The van der Waals surface area contributed by atoms with Crippen molar-refractivity contribution >= 4 is 5.91 Å². The third-order valence-electron chi connectivity index (χ3n) is 3.24. The van der Waals surface area contributed by atoms with E-state index in [0.29, 0.717) is 13.2 Å². The van der Waals surface area contributed by atoms with Gasteiger partial charge >= 0.3 is 0 Å². The number of aromatic nitrogens is 3. The molecule has 0 bridgehead atoms. The molecule has 1 atom stereocenters. The first-order chi connectivity index (χ1) is 9.83. The van der Waals surface area contributed by atoms with Gasteiger partial charge < -0.3 is 10.1 Å². The predicted molar refractivity (Wildman–Crippen MR) is 72.2 cm³/mol. The molecular formula is C14H16N4O2. The predicted octanol–water partition coefficient (Wildman–Crippen LogP) is 1.06. The van der Waals surface area contributed by atoms with Crippen LogP contribution in [0.5, 0.6) is 0 Å². The summed E-state index contributed by atoms with van der Waals surface area (Å²) < 4.78 is 7.03. The number of ether oxygens (including phenoxy) is 1. The molecule has 1 amide bonds. The van der Waals surface area contributed by atoms with E-state index in [-0.39, 0.29) is 12.0 Å². The maximum absolute atomic E-state index is 11.9. The summed E-state index contributed by atoms with van der Waals surface area (Å²) in [4.78, 5) is 16.1.